The van der Waals surface area contributed by atoms with Gasteiger partial charge in [-0.25, -0.2) is 9.97 Å². The van der Waals surface area contributed by atoms with Gasteiger partial charge in [-0.1, -0.05) is 0 Å². The molecular formula is C12H15N5. The first-order chi connectivity index (χ1) is 8.28. The predicted molar refractivity (Wildman–Crippen MR) is 70.3 cm³/mol. The zero-order valence-corrected chi connectivity index (χ0v) is 9.64. The number of nitrogens with zero attached hydrogens (tertiary/aromatic N) is 2. The molecule has 0 unspecified atom stereocenters. The number of aromatic nitrogens is 2. The molecular weight excluding hydrogens is 214 g/mol. The summed E-state index contributed by atoms with van der Waals surface area (Å²) < 4.78 is 0. The van der Waals surface area contributed by atoms with E-state index in [1.807, 2.05) is 37.3 Å². The van der Waals surface area contributed by atoms with Crippen molar-refractivity contribution < 1.29 is 0 Å². The number of hydrogen-bond donors (Lipinski definition) is 3. The summed E-state index contributed by atoms with van der Waals surface area (Å²) in [5.41, 5.74) is 7.31. The molecule has 17 heavy (non-hydrogen) atoms. The Bertz CT molecular complexity index is 481. The number of nitrogens with two attached hydrogens (primary N) is 1. The fourth-order valence-electron chi connectivity index (χ4n) is 1.42. The van der Waals surface area contributed by atoms with E-state index in [4.69, 9.17) is 5.73 Å². The molecule has 0 saturated heterocycles. The maximum absolute atomic E-state index is 5.62. The van der Waals surface area contributed by atoms with E-state index in [0.29, 0.717) is 0 Å². The van der Waals surface area contributed by atoms with Gasteiger partial charge in [0.2, 0.25) is 0 Å². The van der Waals surface area contributed by atoms with E-state index in [0.717, 1.165) is 29.6 Å². The van der Waals surface area contributed by atoms with Crippen molar-refractivity contribution in [1.82, 2.24) is 9.97 Å². The fraction of sp³-hybridized carbons (Fsp3) is 0.167. The van der Waals surface area contributed by atoms with Crippen molar-refractivity contribution in [3.05, 3.63) is 36.7 Å². The number of rotatable bonds is 4. The average Bonchev–Trinajstić information content (AvgIpc) is 2.33. The van der Waals surface area contributed by atoms with Crippen molar-refractivity contribution >= 4 is 23.0 Å². The van der Waals surface area contributed by atoms with Gasteiger partial charge in [0, 0.05) is 24.0 Å². The van der Waals surface area contributed by atoms with Gasteiger partial charge in [-0.3, -0.25) is 0 Å². The van der Waals surface area contributed by atoms with Crippen LogP contribution in [-0.2, 0) is 0 Å². The van der Waals surface area contributed by atoms with Crippen LogP contribution >= 0.6 is 0 Å². The van der Waals surface area contributed by atoms with Gasteiger partial charge in [-0.15, -0.1) is 0 Å². The molecule has 0 amide bonds. The van der Waals surface area contributed by atoms with Crippen LogP contribution in [0.4, 0.5) is 23.0 Å². The average molecular weight is 229 g/mol. The molecule has 0 saturated carbocycles. The summed E-state index contributed by atoms with van der Waals surface area (Å²) in [4.78, 5) is 8.25. The molecule has 2 rings (SSSR count). The first kappa shape index (κ1) is 11.2. The normalized spacial score (nSPS) is 9.94. The molecule has 0 aliphatic carbocycles. The van der Waals surface area contributed by atoms with Crippen LogP contribution < -0.4 is 16.4 Å². The molecule has 0 spiro atoms. The smallest absolute Gasteiger partial charge is 0.135 e. The second kappa shape index (κ2) is 5.16. The monoisotopic (exact) mass is 229 g/mol. The lowest BCUT2D eigenvalue weighted by atomic mass is 10.3. The van der Waals surface area contributed by atoms with Gasteiger partial charge in [0.05, 0.1) is 0 Å². The van der Waals surface area contributed by atoms with Gasteiger partial charge in [-0.05, 0) is 31.2 Å². The highest BCUT2D eigenvalue weighted by molar-refractivity contribution is 5.60. The van der Waals surface area contributed by atoms with E-state index in [1.54, 1.807) is 0 Å². The topological polar surface area (TPSA) is 75.9 Å². The summed E-state index contributed by atoms with van der Waals surface area (Å²) in [6.07, 6.45) is 1.53. The first-order valence-corrected chi connectivity index (χ1v) is 5.46. The van der Waals surface area contributed by atoms with Crippen LogP contribution in [0, 0.1) is 0 Å². The second-order valence-corrected chi connectivity index (χ2v) is 3.57. The van der Waals surface area contributed by atoms with Crippen molar-refractivity contribution in [2.45, 2.75) is 6.92 Å². The van der Waals surface area contributed by atoms with Gasteiger partial charge in [-0.2, -0.15) is 0 Å². The predicted octanol–water partition coefficient (Wildman–Crippen LogP) is 2.23. The van der Waals surface area contributed by atoms with Crippen LogP contribution in [0.2, 0.25) is 0 Å². The van der Waals surface area contributed by atoms with E-state index >= 15 is 0 Å². The number of benzene rings is 1. The molecule has 0 fully saturated rings. The van der Waals surface area contributed by atoms with Gasteiger partial charge in [0.15, 0.2) is 0 Å². The number of anilines is 4. The highest BCUT2D eigenvalue weighted by atomic mass is 15.1. The molecule has 1 heterocycles. The second-order valence-electron chi connectivity index (χ2n) is 3.57. The molecule has 88 valence electrons. The summed E-state index contributed by atoms with van der Waals surface area (Å²) in [6.45, 7) is 2.85. The van der Waals surface area contributed by atoms with Crippen LogP contribution in [-0.4, -0.2) is 16.5 Å². The maximum Gasteiger partial charge on any atom is 0.135 e. The quantitative estimate of drug-likeness (QED) is 0.701. The van der Waals surface area contributed by atoms with E-state index in [9.17, 15) is 0 Å². The third kappa shape index (κ3) is 3.07. The van der Waals surface area contributed by atoms with E-state index < -0.39 is 0 Å². The standard InChI is InChI=1S/C12H15N5/c1-2-14-11-7-12(16-8-15-11)17-10-5-3-9(13)4-6-10/h3-8H,2,13H2,1H3,(H2,14,15,16,17). The Labute approximate surface area is 100 Å². The van der Waals surface area contributed by atoms with Crippen molar-refractivity contribution in [3.8, 4) is 0 Å². The van der Waals surface area contributed by atoms with E-state index in [-0.39, 0.29) is 0 Å². The summed E-state index contributed by atoms with van der Waals surface area (Å²) in [7, 11) is 0. The minimum absolute atomic E-state index is 0.742. The van der Waals surface area contributed by atoms with Gasteiger partial charge in [0.25, 0.3) is 0 Å². The van der Waals surface area contributed by atoms with Crippen molar-refractivity contribution in [3.63, 3.8) is 0 Å². The van der Waals surface area contributed by atoms with Crippen LogP contribution in [0.15, 0.2) is 36.7 Å². The maximum atomic E-state index is 5.62. The molecule has 1 aromatic heterocycles. The molecule has 0 aliphatic heterocycles. The summed E-state index contributed by atoms with van der Waals surface area (Å²) in [5, 5.41) is 6.31. The molecule has 5 nitrogen and oxygen atoms in total. The van der Waals surface area contributed by atoms with Crippen molar-refractivity contribution in [2.75, 3.05) is 22.9 Å². The lowest BCUT2D eigenvalue weighted by molar-refractivity contribution is 1.11. The van der Waals surface area contributed by atoms with E-state index in [2.05, 4.69) is 20.6 Å². The van der Waals surface area contributed by atoms with E-state index in [1.165, 1.54) is 6.33 Å². The Morgan fingerprint density at radius 2 is 1.82 bits per heavy atom. The Kier molecular flexibility index (Phi) is 3.40. The zero-order valence-electron chi connectivity index (χ0n) is 9.64. The molecule has 2 aromatic rings. The lowest BCUT2D eigenvalue weighted by Gasteiger charge is -2.07. The van der Waals surface area contributed by atoms with Crippen molar-refractivity contribution in [2.24, 2.45) is 0 Å². The van der Waals surface area contributed by atoms with Crippen LogP contribution in [0.1, 0.15) is 6.92 Å². The Hall–Kier alpha value is -2.30. The molecule has 0 bridgehead atoms. The van der Waals surface area contributed by atoms with Gasteiger partial charge in [0.1, 0.15) is 18.0 Å². The SMILES string of the molecule is CCNc1cc(Nc2ccc(N)cc2)ncn1. The largest absolute Gasteiger partial charge is 0.399 e. The third-order valence-corrected chi connectivity index (χ3v) is 2.21. The fourth-order valence-corrected chi connectivity index (χ4v) is 1.42. The lowest BCUT2D eigenvalue weighted by Crippen LogP contribution is -2.01. The highest BCUT2D eigenvalue weighted by Crippen LogP contribution is 2.17. The highest BCUT2D eigenvalue weighted by Gasteiger charge is 1.98. The van der Waals surface area contributed by atoms with Gasteiger partial charge >= 0.3 is 0 Å². The zero-order chi connectivity index (χ0) is 12.1. The minimum atomic E-state index is 0.742. The van der Waals surface area contributed by atoms with Crippen LogP contribution in [0.5, 0.6) is 0 Å². The Morgan fingerprint density at radius 3 is 2.53 bits per heavy atom. The minimum Gasteiger partial charge on any atom is -0.399 e. The van der Waals surface area contributed by atoms with Crippen LogP contribution in [0.25, 0.3) is 0 Å². The molecule has 1 aromatic carbocycles. The van der Waals surface area contributed by atoms with Crippen LogP contribution in [0.3, 0.4) is 0 Å². The van der Waals surface area contributed by atoms with Gasteiger partial charge < -0.3 is 16.4 Å². The van der Waals surface area contributed by atoms with Crippen molar-refractivity contribution in [1.29, 1.82) is 0 Å². The number of hydrogen-bond acceptors (Lipinski definition) is 5. The summed E-state index contributed by atoms with van der Waals surface area (Å²) >= 11 is 0. The molecule has 0 aliphatic rings. The molecule has 0 atom stereocenters. The molecule has 0 radical (unpaired) electrons. The summed E-state index contributed by atoms with van der Waals surface area (Å²) in [6, 6.07) is 9.36. The molecule has 5 heteroatoms. The number of nitrogen functional groups attached to an aromatic ring is 1. The Morgan fingerprint density at radius 1 is 1.12 bits per heavy atom. The Balaban J connectivity index is 2.12. The third-order valence-electron chi connectivity index (χ3n) is 2.21. The molecule has 4 N–H and O–H groups in total. The number of nitrogens with one attached hydrogen (secondary N) is 2. The first-order valence-electron chi connectivity index (χ1n) is 5.46. The summed E-state index contributed by atoms with van der Waals surface area (Å²) in [5.74, 6) is 1.56.